The Hall–Kier alpha value is 1.93. The van der Waals surface area contributed by atoms with Gasteiger partial charge in [-0.25, -0.2) is 0 Å². The minimum Gasteiger partial charge on any atom is 0 e. The first-order valence-electron chi connectivity index (χ1n) is 0.894. The van der Waals surface area contributed by atoms with Crippen molar-refractivity contribution in [2.45, 2.75) is 0 Å². The van der Waals surface area contributed by atoms with Crippen LogP contribution in [0.3, 0.4) is 0 Å². The van der Waals surface area contributed by atoms with Gasteiger partial charge in [-0.1, -0.05) is 0 Å². The summed E-state index contributed by atoms with van der Waals surface area (Å²) in [5, 5.41) is 0. The predicted molar refractivity (Wildman–Crippen MR) is 21.8 cm³/mol. The fourth-order valence-electron chi connectivity index (χ4n) is 0. The third-order valence-corrected chi connectivity index (χ3v) is 0. The minimum absolute atomic E-state index is 0. The topological polar surface area (TPSA) is 80.9 Å². The largest absolute Gasteiger partial charge is 0 e. The molecule has 0 aliphatic rings. The molecule has 0 unspecified atom stereocenters. The Morgan fingerprint density at radius 3 is 0.857 bits per heavy atom. The van der Waals surface area contributed by atoms with Crippen molar-refractivity contribution in [2.75, 3.05) is 0 Å². The second-order valence-electron chi connectivity index (χ2n) is 0.600. The molecule has 0 saturated carbocycles. The molecule has 0 amide bonds. The van der Waals surface area contributed by atoms with Crippen molar-refractivity contribution < 1.29 is 45.0 Å². The third-order valence-electron chi connectivity index (χ3n) is 0. The van der Waals surface area contributed by atoms with Crippen molar-refractivity contribution >= 4 is 38.6 Å². The zero-order valence-corrected chi connectivity index (χ0v) is 5.67. The molecule has 0 aromatic rings. The van der Waals surface area contributed by atoms with Gasteiger partial charge in [0.2, 0.25) is 0 Å². The van der Waals surface area contributed by atoms with E-state index < -0.39 is 9.05 Å². The van der Waals surface area contributed by atoms with Crippen LogP contribution in [-0.2, 0) is 25.8 Å². The quantitative estimate of drug-likeness (QED) is 0.284. The molecular formula is H5NaO4ScSi. The monoisotopic (exact) mass is 165 g/mol. The average molecular weight is 165 g/mol. The van der Waals surface area contributed by atoms with Crippen molar-refractivity contribution in [2.24, 2.45) is 0 Å². The molecule has 0 fully saturated rings. The van der Waals surface area contributed by atoms with Gasteiger partial charge in [0.05, 0.1) is 0 Å². The van der Waals surface area contributed by atoms with Crippen LogP contribution in [0.4, 0.5) is 0 Å². The average Bonchev–Trinajstić information content (AvgIpc) is 0.722. The third kappa shape index (κ3) is 75.0. The van der Waals surface area contributed by atoms with Gasteiger partial charge in [0, 0.05) is 25.8 Å². The predicted octanol–water partition coefficient (Wildman–Crippen LogP) is -3.26. The van der Waals surface area contributed by atoms with E-state index in [9.17, 15) is 0 Å². The number of hydrogen-bond acceptors (Lipinski definition) is 4. The van der Waals surface area contributed by atoms with E-state index in [0.717, 1.165) is 0 Å². The summed E-state index contributed by atoms with van der Waals surface area (Å²) in [4.78, 5) is 29.3. The fourth-order valence-corrected chi connectivity index (χ4v) is 0. The van der Waals surface area contributed by atoms with Gasteiger partial charge in [-0.3, -0.25) is 0 Å². The summed E-state index contributed by atoms with van der Waals surface area (Å²) >= 11 is 0. The first-order chi connectivity index (χ1) is 2.00. The Labute approximate surface area is 82.7 Å². The standard InChI is InChI=1S/Na.H4O4Si.Sc.H/c;1-5(2,3)4;;/h;1-4H;;. The molecule has 0 saturated heterocycles. The van der Waals surface area contributed by atoms with Crippen molar-refractivity contribution in [3.05, 3.63) is 0 Å². The van der Waals surface area contributed by atoms with Gasteiger partial charge in [0.25, 0.3) is 0 Å². The van der Waals surface area contributed by atoms with Crippen LogP contribution >= 0.6 is 0 Å². The zero-order valence-electron chi connectivity index (χ0n) is 2.87. The van der Waals surface area contributed by atoms with Gasteiger partial charge in [-0.05, 0) is 0 Å². The van der Waals surface area contributed by atoms with E-state index in [4.69, 9.17) is 19.2 Å². The van der Waals surface area contributed by atoms with Crippen LogP contribution in [0.25, 0.3) is 0 Å². The zero-order chi connectivity index (χ0) is 4.50. The normalized spacial score (nSPS) is 8.57. The summed E-state index contributed by atoms with van der Waals surface area (Å²) in [6.07, 6.45) is 0. The molecule has 0 atom stereocenters. The number of rotatable bonds is 0. The summed E-state index contributed by atoms with van der Waals surface area (Å²) in [7, 11) is -4.61. The second kappa shape index (κ2) is 6.05. The van der Waals surface area contributed by atoms with Gasteiger partial charge in [-0.15, -0.1) is 0 Å². The van der Waals surface area contributed by atoms with E-state index in [-0.39, 0.29) is 55.4 Å². The Balaban J connectivity index is -0.0000000800. The molecule has 4 N–H and O–H groups in total. The van der Waals surface area contributed by atoms with E-state index in [1.54, 1.807) is 0 Å². The molecule has 0 aromatic heterocycles. The molecule has 1 radical (unpaired) electrons. The van der Waals surface area contributed by atoms with Crippen molar-refractivity contribution in [1.82, 2.24) is 0 Å². The number of hydrogen-bond donors (Lipinski definition) is 4. The van der Waals surface area contributed by atoms with Gasteiger partial charge in [0.15, 0.2) is 0 Å². The van der Waals surface area contributed by atoms with Crippen molar-refractivity contribution in [3.63, 3.8) is 0 Å². The Morgan fingerprint density at radius 1 is 0.857 bits per heavy atom. The molecule has 7 heavy (non-hydrogen) atoms. The smallest absolute Gasteiger partial charge is 0 e. The molecule has 0 aliphatic carbocycles. The Kier molecular flexibility index (Phi) is 13.8. The molecule has 0 spiro atoms. The maximum absolute atomic E-state index is 7.33. The van der Waals surface area contributed by atoms with Crippen LogP contribution in [0.2, 0.25) is 0 Å². The molecule has 7 heteroatoms. The van der Waals surface area contributed by atoms with Crippen LogP contribution in [0.1, 0.15) is 0 Å². The van der Waals surface area contributed by atoms with E-state index in [1.807, 2.05) is 0 Å². The SMILES string of the molecule is O[Si](O)(O)O.[NaH].[Sc]. The van der Waals surface area contributed by atoms with Gasteiger partial charge in [-0.2, -0.15) is 0 Å². The van der Waals surface area contributed by atoms with Gasteiger partial charge < -0.3 is 19.2 Å². The maximum Gasteiger partial charge on any atom is 0 e. The molecule has 0 bridgehead atoms. The van der Waals surface area contributed by atoms with Crippen molar-refractivity contribution in [3.8, 4) is 0 Å². The van der Waals surface area contributed by atoms with Gasteiger partial charge in [0.1, 0.15) is 0 Å². The summed E-state index contributed by atoms with van der Waals surface area (Å²) in [6, 6.07) is 0. The molecule has 37 valence electrons. The Bertz CT molecular complexity index is 27.2. The Morgan fingerprint density at radius 2 is 0.857 bits per heavy atom. The first-order valence-corrected chi connectivity index (χ1v) is 2.68. The van der Waals surface area contributed by atoms with E-state index in [0.29, 0.717) is 0 Å². The van der Waals surface area contributed by atoms with Crippen molar-refractivity contribution in [1.29, 1.82) is 0 Å². The van der Waals surface area contributed by atoms with Crippen LogP contribution in [0.15, 0.2) is 0 Å². The van der Waals surface area contributed by atoms with E-state index in [1.165, 1.54) is 0 Å². The van der Waals surface area contributed by atoms with Crippen LogP contribution in [0, 0.1) is 0 Å². The maximum atomic E-state index is 7.33. The summed E-state index contributed by atoms with van der Waals surface area (Å²) in [6.45, 7) is 0. The molecular weight excluding hydrogens is 160 g/mol. The van der Waals surface area contributed by atoms with Crippen LogP contribution in [-0.4, -0.2) is 57.8 Å². The van der Waals surface area contributed by atoms with Crippen LogP contribution < -0.4 is 0 Å². The fraction of sp³-hybridized carbons (Fsp3) is 0. The molecule has 0 rings (SSSR count). The summed E-state index contributed by atoms with van der Waals surface area (Å²) < 4.78 is 0. The molecule has 0 aromatic carbocycles. The minimum atomic E-state index is -4.61. The summed E-state index contributed by atoms with van der Waals surface area (Å²) in [5.41, 5.74) is 0. The molecule has 0 heterocycles. The molecule has 0 aliphatic heterocycles. The second-order valence-corrected chi connectivity index (χ2v) is 1.80. The van der Waals surface area contributed by atoms with E-state index in [2.05, 4.69) is 0 Å². The van der Waals surface area contributed by atoms with Gasteiger partial charge >= 0.3 is 38.6 Å². The van der Waals surface area contributed by atoms with E-state index >= 15 is 0 Å². The first kappa shape index (κ1) is 16.0. The summed E-state index contributed by atoms with van der Waals surface area (Å²) in [5.74, 6) is 0. The van der Waals surface area contributed by atoms with Crippen LogP contribution in [0.5, 0.6) is 0 Å². The molecule has 4 nitrogen and oxygen atoms in total.